The Morgan fingerprint density at radius 1 is 0.596 bits per heavy atom. The third kappa shape index (κ3) is 8.64. The zero-order valence-corrected chi connectivity index (χ0v) is 25.7. The van der Waals surface area contributed by atoms with Gasteiger partial charge in [0, 0.05) is 11.1 Å². The summed E-state index contributed by atoms with van der Waals surface area (Å²) in [4.78, 5) is 0. The molecule has 250 valence electrons. The number of ether oxygens (including phenoxy) is 2. The summed E-state index contributed by atoms with van der Waals surface area (Å²) in [6.07, 6.45) is -1.44. The first kappa shape index (κ1) is 34.3. The van der Waals surface area contributed by atoms with E-state index in [1.165, 1.54) is 42.8 Å². The highest BCUT2D eigenvalue weighted by molar-refractivity contribution is 5.74. The number of halogens is 8. The molecule has 1 aliphatic rings. The molecule has 0 radical (unpaired) electrons. The third-order valence-corrected chi connectivity index (χ3v) is 8.70. The number of hydrogen-bond donors (Lipinski definition) is 0. The second-order valence-electron chi connectivity index (χ2n) is 12.0. The van der Waals surface area contributed by atoms with Crippen LogP contribution in [0.25, 0.3) is 33.4 Å². The smallest absolute Gasteiger partial charge is 0.432 e. The molecule has 1 saturated carbocycles. The van der Waals surface area contributed by atoms with Gasteiger partial charge in [-0.1, -0.05) is 75.1 Å². The molecule has 0 atom stereocenters. The fourth-order valence-corrected chi connectivity index (χ4v) is 6.15. The van der Waals surface area contributed by atoms with Gasteiger partial charge in [-0.2, -0.15) is 8.78 Å². The summed E-state index contributed by atoms with van der Waals surface area (Å²) in [6.45, 7) is 2.14. The minimum absolute atomic E-state index is 0.0128. The maximum absolute atomic E-state index is 15.2. The van der Waals surface area contributed by atoms with E-state index in [1.807, 2.05) is 0 Å². The van der Waals surface area contributed by atoms with Crippen LogP contribution in [0.1, 0.15) is 58.3 Å². The van der Waals surface area contributed by atoms with Crippen molar-refractivity contribution in [2.45, 2.75) is 70.8 Å². The molecule has 2 nitrogen and oxygen atoms in total. The van der Waals surface area contributed by atoms with Crippen LogP contribution in [0.2, 0.25) is 0 Å². The summed E-state index contributed by atoms with van der Waals surface area (Å²) in [5.41, 5.74) is 1.12. The van der Waals surface area contributed by atoms with Crippen LogP contribution in [-0.4, -0.2) is 12.5 Å². The zero-order chi connectivity index (χ0) is 33.8. The summed E-state index contributed by atoms with van der Waals surface area (Å²) in [6, 6.07) is 16.5. The maximum atomic E-state index is 15.2. The number of rotatable bonds is 11. The molecular weight excluding hydrogens is 628 g/mol. The molecule has 0 amide bonds. The van der Waals surface area contributed by atoms with Gasteiger partial charge in [-0.3, -0.25) is 0 Å². The average Bonchev–Trinajstić information content (AvgIpc) is 3.02. The fourth-order valence-electron chi connectivity index (χ4n) is 6.15. The van der Waals surface area contributed by atoms with E-state index >= 15 is 8.78 Å². The molecule has 0 aromatic heterocycles. The molecule has 0 spiro atoms. The van der Waals surface area contributed by atoms with Crippen molar-refractivity contribution in [2.24, 2.45) is 11.8 Å². The Morgan fingerprint density at radius 2 is 1.13 bits per heavy atom. The van der Waals surface area contributed by atoms with Gasteiger partial charge in [0.25, 0.3) is 0 Å². The molecular formula is C37H34F8O2. The van der Waals surface area contributed by atoms with Crippen LogP contribution in [0.5, 0.6) is 11.5 Å². The van der Waals surface area contributed by atoms with E-state index < -0.39 is 41.6 Å². The SMILES string of the molecule is CCCCCC1CCC(C(F)(F)Oc2ccc(-c3ccc(-c4ccc(-c5ccc(OC(F)(F)F)c(F)c5)c(F)c4)c(F)c3)cc2)CC1. The standard InChI is InChI=1S/C37H34F8O2/c1-2-3-4-5-23-6-13-28(14-7-23)36(41,42)46-29-15-8-24(9-16-29)25-10-17-30(32(38)20-25)26-11-18-31(33(39)21-26)27-12-19-35(34(40)22-27)47-37(43,44)45/h8-12,15-23,28H,2-7,13-14H2,1H3. The van der Waals surface area contributed by atoms with Crippen molar-refractivity contribution >= 4 is 0 Å². The normalized spacial score (nSPS) is 17.0. The van der Waals surface area contributed by atoms with Gasteiger partial charge in [0.2, 0.25) is 0 Å². The Kier molecular flexibility index (Phi) is 10.5. The molecule has 47 heavy (non-hydrogen) atoms. The lowest BCUT2D eigenvalue weighted by molar-refractivity contribution is -0.275. The highest BCUT2D eigenvalue weighted by atomic mass is 19.4. The van der Waals surface area contributed by atoms with E-state index in [9.17, 15) is 26.3 Å². The topological polar surface area (TPSA) is 18.5 Å². The minimum Gasteiger partial charge on any atom is -0.432 e. The predicted octanol–water partition coefficient (Wildman–Crippen LogP) is 12.4. The molecule has 0 heterocycles. The summed E-state index contributed by atoms with van der Waals surface area (Å²) in [5, 5.41) is 0. The molecule has 0 bridgehead atoms. The van der Waals surface area contributed by atoms with Crippen LogP contribution in [0.15, 0.2) is 78.9 Å². The van der Waals surface area contributed by atoms with Crippen molar-refractivity contribution in [3.05, 3.63) is 96.3 Å². The molecule has 1 aliphatic carbocycles. The molecule has 0 unspecified atom stereocenters. The van der Waals surface area contributed by atoms with E-state index in [0.29, 0.717) is 36.0 Å². The largest absolute Gasteiger partial charge is 0.573 e. The third-order valence-electron chi connectivity index (χ3n) is 8.70. The zero-order valence-electron chi connectivity index (χ0n) is 25.7. The van der Waals surface area contributed by atoms with Crippen LogP contribution in [-0.2, 0) is 0 Å². The molecule has 0 saturated heterocycles. The number of alkyl halides is 5. The van der Waals surface area contributed by atoms with Crippen LogP contribution in [0.4, 0.5) is 35.1 Å². The van der Waals surface area contributed by atoms with Crippen molar-refractivity contribution in [1.29, 1.82) is 0 Å². The Hall–Kier alpha value is -4.08. The lowest BCUT2D eigenvalue weighted by Gasteiger charge is -2.33. The first-order valence-corrected chi connectivity index (χ1v) is 15.7. The van der Waals surface area contributed by atoms with Gasteiger partial charge in [0.05, 0.1) is 5.92 Å². The lowest BCUT2D eigenvalue weighted by Crippen LogP contribution is -2.37. The summed E-state index contributed by atoms with van der Waals surface area (Å²) >= 11 is 0. The second kappa shape index (κ2) is 14.4. The number of benzene rings is 4. The second-order valence-corrected chi connectivity index (χ2v) is 12.0. The van der Waals surface area contributed by atoms with Crippen LogP contribution >= 0.6 is 0 Å². The number of unbranched alkanes of at least 4 members (excludes halogenated alkanes) is 2. The summed E-state index contributed by atoms with van der Waals surface area (Å²) in [5.74, 6) is -4.22. The molecule has 1 fully saturated rings. The first-order chi connectivity index (χ1) is 22.3. The molecule has 5 rings (SSSR count). The van der Waals surface area contributed by atoms with E-state index in [4.69, 9.17) is 4.74 Å². The van der Waals surface area contributed by atoms with E-state index in [-0.39, 0.29) is 28.0 Å². The van der Waals surface area contributed by atoms with Crippen LogP contribution in [0.3, 0.4) is 0 Å². The van der Waals surface area contributed by atoms with Crippen LogP contribution in [0, 0.1) is 29.3 Å². The first-order valence-electron chi connectivity index (χ1n) is 15.7. The lowest BCUT2D eigenvalue weighted by atomic mass is 9.79. The van der Waals surface area contributed by atoms with Gasteiger partial charge in [-0.15, -0.1) is 13.2 Å². The quantitative estimate of drug-likeness (QED) is 0.118. The van der Waals surface area contributed by atoms with Gasteiger partial charge >= 0.3 is 12.5 Å². The van der Waals surface area contributed by atoms with Crippen molar-refractivity contribution in [3.8, 4) is 44.9 Å². The van der Waals surface area contributed by atoms with Crippen molar-refractivity contribution < 1.29 is 44.6 Å². The fraction of sp³-hybridized carbons (Fsp3) is 0.351. The molecule has 4 aromatic rings. The monoisotopic (exact) mass is 662 g/mol. The molecule has 4 aromatic carbocycles. The van der Waals surface area contributed by atoms with Gasteiger partial charge in [-0.05, 0) is 90.3 Å². The molecule has 0 N–H and O–H groups in total. The maximum Gasteiger partial charge on any atom is 0.573 e. The van der Waals surface area contributed by atoms with Crippen LogP contribution < -0.4 is 9.47 Å². The average molecular weight is 663 g/mol. The van der Waals surface area contributed by atoms with Gasteiger partial charge in [0.1, 0.15) is 17.4 Å². The summed E-state index contributed by atoms with van der Waals surface area (Å²) in [7, 11) is 0. The van der Waals surface area contributed by atoms with E-state index in [1.54, 1.807) is 18.2 Å². The highest BCUT2D eigenvalue weighted by Crippen LogP contribution is 2.42. The highest BCUT2D eigenvalue weighted by Gasteiger charge is 2.43. The Balaban J connectivity index is 1.23. The predicted molar refractivity (Wildman–Crippen MR) is 164 cm³/mol. The van der Waals surface area contributed by atoms with Gasteiger partial charge < -0.3 is 9.47 Å². The molecule has 10 heteroatoms. The van der Waals surface area contributed by atoms with Crippen molar-refractivity contribution in [2.75, 3.05) is 0 Å². The number of hydrogen-bond acceptors (Lipinski definition) is 2. The van der Waals surface area contributed by atoms with Crippen molar-refractivity contribution in [3.63, 3.8) is 0 Å². The Labute approximate surface area is 268 Å². The van der Waals surface area contributed by atoms with E-state index in [2.05, 4.69) is 11.7 Å². The minimum atomic E-state index is -5.09. The van der Waals surface area contributed by atoms with E-state index in [0.717, 1.165) is 50.3 Å². The van der Waals surface area contributed by atoms with Gasteiger partial charge in [-0.25, -0.2) is 13.2 Å². The van der Waals surface area contributed by atoms with Crippen molar-refractivity contribution in [1.82, 2.24) is 0 Å². The Morgan fingerprint density at radius 3 is 1.68 bits per heavy atom. The summed E-state index contributed by atoms with van der Waals surface area (Å²) < 4.78 is 120. The molecule has 0 aliphatic heterocycles. The van der Waals surface area contributed by atoms with Gasteiger partial charge in [0.15, 0.2) is 11.6 Å². The Bertz CT molecular complexity index is 1660.